The molecule has 0 aliphatic carbocycles. The molecule has 0 saturated carbocycles. The predicted molar refractivity (Wildman–Crippen MR) is 83.5 cm³/mol. The van der Waals surface area contributed by atoms with Gasteiger partial charge in [-0.05, 0) is 20.3 Å². The molecule has 5 nitrogen and oxygen atoms in total. The van der Waals surface area contributed by atoms with Crippen LogP contribution in [0.15, 0.2) is 12.4 Å². The molecule has 21 heavy (non-hydrogen) atoms. The largest absolute Gasteiger partial charge is 0.343 e. The van der Waals surface area contributed by atoms with E-state index in [1.165, 1.54) is 4.88 Å². The minimum absolute atomic E-state index is 0.0687. The second-order valence-corrected chi connectivity index (χ2v) is 6.10. The summed E-state index contributed by atoms with van der Waals surface area (Å²) in [5.41, 5.74) is 1.51. The summed E-state index contributed by atoms with van der Waals surface area (Å²) in [6.07, 6.45) is 4.71. The number of hydrogen-bond acceptors (Lipinski definition) is 5. The molecule has 0 fully saturated rings. The fourth-order valence-corrected chi connectivity index (χ4v) is 2.94. The molecule has 112 valence electrons. The lowest BCUT2D eigenvalue weighted by molar-refractivity contribution is 0.0934. The molecule has 1 unspecified atom stereocenters. The Morgan fingerprint density at radius 3 is 2.43 bits per heavy atom. The molecule has 0 saturated heterocycles. The van der Waals surface area contributed by atoms with E-state index in [0.29, 0.717) is 5.56 Å². The van der Waals surface area contributed by atoms with Crippen LogP contribution < -0.4 is 5.32 Å². The molecule has 0 aromatic carbocycles. The van der Waals surface area contributed by atoms with Gasteiger partial charge in [-0.15, -0.1) is 11.3 Å². The van der Waals surface area contributed by atoms with E-state index >= 15 is 0 Å². The first kappa shape index (κ1) is 15.6. The summed E-state index contributed by atoms with van der Waals surface area (Å²) in [4.78, 5) is 26.3. The van der Waals surface area contributed by atoms with Gasteiger partial charge in [0.2, 0.25) is 0 Å². The Bertz CT molecular complexity index is 602. The molecule has 2 aromatic heterocycles. The van der Waals surface area contributed by atoms with Crippen LogP contribution in [-0.2, 0) is 6.42 Å². The van der Waals surface area contributed by atoms with Crippen LogP contribution in [-0.4, -0.2) is 20.9 Å². The maximum Gasteiger partial charge on any atom is 0.254 e. The van der Waals surface area contributed by atoms with E-state index in [2.05, 4.69) is 20.3 Å². The van der Waals surface area contributed by atoms with Crippen LogP contribution in [0, 0.1) is 13.8 Å². The van der Waals surface area contributed by atoms with E-state index in [4.69, 9.17) is 0 Å². The summed E-state index contributed by atoms with van der Waals surface area (Å²) < 4.78 is 0. The van der Waals surface area contributed by atoms with Gasteiger partial charge in [0.05, 0.1) is 17.3 Å². The van der Waals surface area contributed by atoms with Gasteiger partial charge in [-0.1, -0.05) is 13.8 Å². The van der Waals surface area contributed by atoms with Crippen molar-refractivity contribution in [1.29, 1.82) is 0 Å². The Labute approximate surface area is 128 Å². The van der Waals surface area contributed by atoms with Gasteiger partial charge in [0.1, 0.15) is 10.8 Å². The third kappa shape index (κ3) is 3.64. The zero-order chi connectivity index (χ0) is 15.4. The maximum absolute atomic E-state index is 12.3. The van der Waals surface area contributed by atoms with Gasteiger partial charge in [0.15, 0.2) is 0 Å². The lowest BCUT2D eigenvalue weighted by atomic mass is 10.2. The monoisotopic (exact) mass is 304 g/mol. The predicted octanol–water partition coefficient (Wildman–Crippen LogP) is 2.99. The molecule has 0 aliphatic heterocycles. The molecule has 0 spiro atoms. The van der Waals surface area contributed by atoms with Crippen molar-refractivity contribution in [2.24, 2.45) is 0 Å². The molecule has 2 rings (SSSR count). The van der Waals surface area contributed by atoms with Gasteiger partial charge >= 0.3 is 0 Å². The topological polar surface area (TPSA) is 67.8 Å². The van der Waals surface area contributed by atoms with Gasteiger partial charge in [0, 0.05) is 23.7 Å². The second-order valence-electron chi connectivity index (χ2n) is 4.87. The molecule has 1 amide bonds. The minimum atomic E-state index is -0.157. The smallest absolute Gasteiger partial charge is 0.254 e. The van der Waals surface area contributed by atoms with Gasteiger partial charge in [-0.25, -0.2) is 15.0 Å². The number of rotatable bonds is 5. The number of nitrogens with one attached hydrogen (secondary N) is 1. The number of hydrogen-bond donors (Lipinski definition) is 1. The summed E-state index contributed by atoms with van der Waals surface area (Å²) in [5.74, 6) is 0.583. The summed E-state index contributed by atoms with van der Waals surface area (Å²) in [6.45, 7) is 8.05. The van der Waals surface area contributed by atoms with Crippen LogP contribution in [0.4, 0.5) is 0 Å². The molecule has 0 bridgehead atoms. The van der Waals surface area contributed by atoms with Crippen molar-refractivity contribution in [2.75, 3.05) is 0 Å². The van der Waals surface area contributed by atoms with Crippen molar-refractivity contribution >= 4 is 17.2 Å². The van der Waals surface area contributed by atoms with Crippen molar-refractivity contribution in [1.82, 2.24) is 20.3 Å². The molecular weight excluding hydrogens is 284 g/mol. The van der Waals surface area contributed by atoms with Crippen LogP contribution in [0.5, 0.6) is 0 Å². The number of aryl methyl sites for hydroxylation is 3. The summed E-state index contributed by atoms with van der Waals surface area (Å²) in [6, 6.07) is -0.0687. The molecule has 1 N–H and O–H groups in total. The van der Waals surface area contributed by atoms with E-state index in [-0.39, 0.29) is 11.9 Å². The average Bonchev–Trinajstić information content (AvgIpc) is 2.84. The highest BCUT2D eigenvalue weighted by molar-refractivity contribution is 7.11. The maximum atomic E-state index is 12.3. The summed E-state index contributed by atoms with van der Waals surface area (Å²) in [7, 11) is 0. The number of thiazole rings is 1. The average molecular weight is 304 g/mol. The molecule has 0 aliphatic rings. The van der Waals surface area contributed by atoms with Crippen LogP contribution in [0.2, 0.25) is 0 Å². The van der Waals surface area contributed by atoms with E-state index in [1.807, 2.05) is 27.7 Å². The zero-order valence-corrected chi connectivity index (χ0v) is 13.6. The van der Waals surface area contributed by atoms with E-state index in [9.17, 15) is 4.79 Å². The number of aromatic nitrogens is 3. The highest BCUT2D eigenvalue weighted by Crippen LogP contribution is 2.25. The Kier molecular flexibility index (Phi) is 5.01. The lowest BCUT2D eigenvalue weighted by Crippen LogP contribution is -2.28. The van der Waals surface area contributed by atoms with Crippen LogP contribution in [0.25, 0.3) is 0 Å². The minimum Gasteiger partial charge on any atom is -0.343 e. The summed E-state index contributed by atoms with van der Waals surface area (Å²) in [5, 5.41) is 3.96. The van der Waals surface area contributed by atoms with Crippen molar-refractivity contribution in [3.8, 4) is 0 Å². The highest BCUT2D eigenvalue weighted by Gasteiger charge is 2.18. The molecule has 1 atom stereocenters. The number of nitrogens with zero attached hydrogens (tertiary/aromatic N) is 3. The second kappa shape index (κ2) is 6.76. The van der Waals surface area contributed by atoms with Crippen LogP contribution in [0.3, 0.4) is 0 Å². The van der Waals surface area contributed by atoms with Crippen molar-refractivity contribution in [3.63, 3.8) is 0 Å². The fourth-order valence-electron chi connectivity index (χ4n) is 1.88. The first-order valence-electron chi connectivity index (χ1n) is 7.10. The van der Waals surface area contributed by atoms with Crippen LogP contribution in [0.1, 0.15) is 58.1 Å². The Balaban J connectivity index is 2.11. The molecule has 6 heteroatoms. The van der Waals surface area contributed by atoms with Crippen LogP contribution >= 0.6 is 11.3 Å². The van der Waals surface area contributed by atoms with Crippen molar-refractivity contribution in [3.05, 3.63) is 39.4 Å². The Morgan fingerprint density at radius 1 is 1.29 bits per heavy atom. The van der Waals surface area contributed by atoms with Gasteiger partial charge in [-0.3, -0.25) is 4.79 Å². The molecular formula is C15H20N4OS. The number of carbonyl (C=O) groups is 1. The lowest BCUT2D eigenvalue weighted by Gasteiger charge is -2.14. The SMILES string of the molecule is CCc1ncc(C(=O)NC(CC)c2nc(C)c(C)s2)cn1. The standard InChI is InChI=1S/C15H20N4OS/c1-5-12(15-18-9(3)10(4)21-15)19-14(20)11-7-16-13(6-2)17-8-11/h7-8,12H,5-6H2,1-4H3,(H,19,20). The normalized spacial score (nSPS) is 12.2. The van der Waals surface area contributed by atoms with Gasteiger partial charge in [-0.2, -0.15) is 0 Å². The third-order valence-electron chi connectivity index (χ3n) is 3.34. The highest BCUT2D eigenvalue weighted by atomic mass is 32.1. The Hall–Kier alpha value is -1.82. The van der Waals surface area contributed by atoms with E-state index in [0.717, 1.165) is 29.4 Å². The third-order valence-corrected chi connectivity index (χ3v) is 4.53. The fraction of sp³-hybridized carbons (Fsp3) is 0.467. The summed E-state index contributed by atoms with van der Waals surface area (Å²) >= 11 is 1.63. The Morgan fingerprint density at radius 2 is 1.95 bits per heavy atom. The van der Waals surface area contributed by atoms with Crippen molar-refractivity contribution < 1.29 is 4.79 Å². The van der Waals surface area contributed by atoms with E-state index < -0.39 is 0 Å². The van der Waals surface area contributed by atoms with Gasteiger partial charge < -0.3 is 5.32 Å². The zero-order valence-electron chi connectivity index (χ0n) is 12.8. The molecule has 2 heterocycles. The molecule has 2 aromatic rings. The van der Waals surface area contributed by atoms with Gasteiger partial charge in [0.25, 0.3) is 5.91 Å². The number of amides is 1. The quantitative estimate of drug-likeness (QED) is 0.922. The first-order valence-corrected chi connectivity index (χ1v) is 7.92. The molecule has 0 radical (unpaired) electrons. The van der Waals surface area contributed by atoms with Crippen molar-refractivity contribution in [2.45, 2.75) is 46.6 Å². The van der Waals surface area contributed by atoms with E-state index in [1.54, 1.807) is 23.7 Å². The number of carbonyl (C=O) groups excluding carboxylic acids is 1. The first-order chi connectivity index (χ1) is 10.0.